The summed E-state index contributed by atoms with van der Waals surface area (Å²) in [6, 6.07) is 3.77. The van der Waals surface area contributed by atoms with Gasteiger partial charge in [-0.05, 0) is 25.1 Å². The van der Waals surface area contributed by atoms with E-state index in [1.807, 2.05) is 0 Å². The minimum atomic E-state index is -4.68. The van der Waals surface area contributed by atoms with Crippen molar-refractivity contribution in [2.24, 2.45) is 0 Å². The molecule has 5 nitrogen and oxygen atoms in total. The number of urea groups is 1. The number of amides is 2. The zero-order valence-corrected chi connectivity index (χ0v) is 11.2. The molecular weight excluding hydrogens is 287 g/mol. The summed E-state index contributed by atoms with van der Waals surface area (Å²) in [4.78, 5) is 13.0. The van der Waals surface area contributed by atoms with Crippen molar-refractivity contribution < 1.29 is 23.1 Å². The van der Waals surface area contributed by atoms with Gasteiger partial charge in [0.25, 0.3) is 0 Å². The minimum absolute atomic E-state index is 0.0669. The molecule has 0 bridgehead atoms. The lowest BCUT2D eigenvalue weighted by Crippen LogP contribution is -2.36. The van der Waals surface area contributed by atoms with Crippen molar-refractivity contribution in [3.05, 3.63) is 29.3 Å². The molecule has 0 atom stereocenters. The average molecular weight is 301 g/mol. The molecule has 0 aliphatic carbocycles. The van der Waals surface area contributed by atoms with Crippen molar-refractivity contribution in [1.82, 2.24) is 4.90 Å². The van der Waals surface area contributed by atoms with Gasteiger partial charge in [0.1, 0.15) is 0 Å². The van der Waals surface area contributed by atoms with E-state index in [1.165, 1.54) is 17.0 Å². The van der Waals surface area contributed by atoms with Gasteiger partial charge in [-0.3, -0.25) is 0 Å². The first-order valence-electron chi connectivity index (χ1n) is 6.11. The quantitative estimate of drug-likeness (QED) is 0.896. The lowest BCUT2D eigenvalue weighted by molar-refractivity contribution is -0.137. The van der Waals surface area contributed by atoms with Gasteiger partial charge in [0, 0.05) is 18.8 Å². The van der Waals surface area contributed by atoms with Crippen molar-refractivity contribution in [3.63, 3.8) is 0 Å². The summed E-state index contributed by atoms with van der Waals surface area (Å²) in [5.74, 6) is 0. The van der Waals surface area contributed by atoms with Gasteiger partial charge in [-0.2, -0.15) is 18.4 Å². The number of carbonyl (C=O) groups excluding carboxylic acids is 1. The number of anilines is 1. The Hall–Kier alpha value is -2.27. The average Bonchev–Trinajstić information content (AvgIpc) is 2.43. The number of nitrogens with zero attached hydrogens (tertiary/aromatic N) is 2. The Kier molecular flexibility index (Phi) is 5.55. The second-order valence-electron chi connectivity index (χ2n) is 4.10. The van der Waals surface area contributed by atoms with Crippen molar-refractivity contribution in [2.75, 3.05) is 25.0 Å². The van der Waals surface area contributed by atoms with E-state index in [2.05, 4.69) is 5.32 Å². The first-order valence-corrected chi connectivity index (χ1v) is 6.11. The van der Waals surface area contributed by atoms with Gasteiger partial charge in [-0.25, -0.2) is 4.79 Å². The van der Waals surface area contributed by atoms with Crippen molar-refractivity contribution in [2.45, 2.75) is 13.1 Å². The highest BCUT2D eigenvalue weighted by Crippen LogP contribution is 2.33. The summed E-state index contributed by atoms with van der Waals surface area (Å²) in [5.41, 5.74) is -1.68. The summed E-state index contributed by atoms with van der Waals surface area (Å²) >= 11 is 0. The molecule has 21 heavy (non-hydrogen) atoms. The van der Waals surface area contributed by atoms with Crippen LogP contribution in [-0.2, 0) is 6.18 Å². The number of nitriles is 1. The molecule has 0 heterocycles. The summed E-state index contributed by atoms with van der Waals surface area (Å²) in [6.07, 6.45) is -4.68. The van der Waals surface area contributed by atoms with Crippen LogP contribution in [0, 0.1) is 11.3 Å². The van der Waals surface area contributed by atoms with Crippen LogP contribution in [0.15, 0.2) is 18.2 Å². The molecule has 2 amide bonds. The number of alkyl halides is 3. The number of nitrogens with one attached hydrogen (secondary N) is 1. The van der Waals surface area contributed by atoms with E-state index >= 15 is 0 Å². The molecule has 0 saturated carbocycles. The van der Waals surface area contributed by atoms with Crippen LogP contribution >= 0.6 is 0 Å². The second-order valence-corrected chi connectivity index (χ2v) is 4.10. The molecule has 0 radical (unpaired) electrons. The van der Waals surface area contributed by atoms with Gasteiger partial charge in [0.2, 0.25) is 0 Å². The zero-order chi connectivity index (χ0) is 16.0. The minimum Gasteiger partial charge on any atom is -0.395 e. The van der Waals surface area contributed by atoms with Crippen molar-refractivity contribution >= 4 is 11.7 Å². The molecule has 0 saturated heterocycles. The van der Waals surface area contributed by atoms with Crippen LogP contribution in [0.25, 0.3) is 0 Å². The SMILES string of the molecule is CCN(CCO)C(=O)Nc1ccc(C#N)c(C(F)(F)F)c1. The number of hydrogen-bond acceptors (Lipinski definition) is 3. The number of benzene rings is 1. The number of hydrogen-bond donors (Lipinski definition) is 2. The highest BCUT2D eigenvalue weighted by molar-refractivity contribution is 5.89. The maximum atomic E-state index is 12.8. The number of likely N-dealkylation sites (N-methyl/N-ethyl adjacent to an activating group) is 1. The smallest absolute Gasteiger partial charge is 0.395 e. The fourth-order valence-electron chi connectivity index (χ4n) is 1.68. The molecule has 1 aromatic carbocycles. The van der Waals surface area contributed by atoms with Crippen molar-refractivity contribution in [1.29, 1.82) is 5.26 Å². The third-order valence-electron chi connectivity index (χ3n) is 2.74. The van der Waals surface area contributed by atoms with E-state index in [1.54, 1.807) is 6.92 Å². The fourth-order valence-corrected chi connectivity index (χ4v) is 1.68. The van der Waals surface area contributed by atoms with E-state index in [-0.39, 0.29) is 18.8 Å². The van der Waals surface area contributed by atoms with E-state index in [4.69, 9.17) is 10.4 Å². The lowest BCUT2D eigenvalue weighted by Gasteiger charge is -2.20. The molecule has 0 aliphatic rings. The Morgan fingerprint density at radius 3 is 2.62 bits per heavy atom. The highest BCUT2D eigenvalue weighted by Gasteiger charge is 2.34. The van der Waals surface area contributed by atoms with Gasteiger partial charge in [0.05, 0.1) is 23.8 Å². The lowest BCUT2D eigenvalue weighted by atomic mass is 10.1. The number of carbonyl (C=O) groups is 1. The van der Waals surface area contributed by atoms with Gasteiger partial charge in [0.15, 0.2) is 0 Å². The normalized spacial score (nSPS) is 10.9. The van der Waals surface area contributed by atoms with Crippen LogP contribution in [0.1, 0.15) is 18.1 Å². The molecule has 0 aliphatic heterocycles. The first kappa shape index (κ1) is 16.8. The van der Waals surface area contributed by atoms with E-state index in [0.29, 0.717) is 12.6 Å². The fraction of sp³-hybridized carbons (Fsp3) is 0.385. The third-order valence-corrected chi connectivity index (χ3v) is 2.74. The maximum absolute atomic E-state index is 12.8. The van der Waals surface area contributed by atoms with E-state index in [0.717, 1.165) is 6.07 Å². The van der Waals surface area contributed by atoms with Crippen LogP contribution in [0.3, 0.4) is 0 Å². The molecule has 0 spiro atoms. The summed E-state index contributed by atoms with van der Waals surface area (Å²) in [7, 11) is 0. The number of halogens is 3. The third kappa shape index (κ3) is 4.36. The van der Waals surface area contributed by atoms with Gasteiger partial charge in [-0.1, -0.05) is 0 Å². The maximum Gasteiger partial charge on any atom is 0.417 e. The van der Waals surface area contributed by atoms with Gasteiger partial charge < -0.3 is 15.3 Å². The molecule has 2 N–H and O–H groups in total. The van der Waals surface area contributed by atoms with Crippen LogP contribution in [0.4, 0.5) is 23.7 Å². The number of aliphatic hydroxyl groups is 1. The standard InChI is InChI=1S/C13H14F3N3O2/c1-2-19(5-6-20)12(21)18-10-4-3-9(8-17)11(7-10)13(14,15)16/h3-4,7,20H,2,5-6H2,1H3,(H,18,21). The molecule has 1 rings (SSSR count). The molecule has 8 heteroatoms. The highest BCUT2D eigenvalue weighted by atomic mass is 19.4. The Morgan fingerprint density at radius 2 is 2.14 bits per heavy atom. The molecule has 114 valence electrons. The summed E-state index contributed by atoms with van der Waals surface area (Å²) < 4.78 is 38.4. The molecule has 0 fully saturated rings. The van der Waals surface area contributed by atoms with Gasteiger partial charge in [-0.15, -0.1) is 0 Å². The van der Waals surface area contributed by atoms with Crippen LogP contribution in [0.2, 0.25) is 0 Å². The summed E-state index contributed by atoms with van der Waals surface area (Å²) in [5, 5.41) is 19.8. The Labute approximate surface area is 119 Å². The monoisotopic (exact) mass is 301 g/mol. The molecule has 0 unspecified atom stereocenters. The van der Waals surface area contributed by atoms with Crippen LogP contribution in [0.5, 0.6) is 0 Å². The summed E-state index contributed by atoms with van der Waals surface area (Å²) in [6.45, 7) is 1.80. The van der Waals surface area contributed by atoms with Crippen LogP contribution in [-0.4, -0.2) is 35.7 Å². The molecule has 0 aromatic heterocycles. The number of rotatable bonds is 4. The van der Waals surface area contributed by atoms with E-state index < -0.39 is 23.3 Å². The topological polar surface area (TPSA) is 76.4 Å². The Bertz CT molecular complexity index is 553. The molecule has 1 aromatic rings. The predicted octanol–water partition coefficient (Wildman–Crippen LogP) is 2.42. The zero-order valence-electron chi connectivity index (χ0n) is 11.2. The second kappa shape index (κ2) is 6.95. The Morgan fingerprint density at radius 1 is 1.48 bits per heavy atom. The molecular formula is C13H14F3N3O2. The van der Waals surface area contributed by atoms with E-state index in [9.17, 15) is 18.0 Å². The predicted molar refractivity (Wildman–Crippen MR) is 69.5 cm³/mol. The first-order chi connectivity index (χ1) is 9.83. The Balaban J connectivity index is 3.01. The van der Waals surface area contributed by atoms with Crippen LogP contribution < -0.4 is 5.32 Å². The van der Waals surface area contributed by atoms with Gasteiger partial charge >= 0.3 is 12.2 Å². The van der Waals surface area contributed by atoms with Crippen molar-refractivity contribution in [3.8, 4) is 6.07 Å². The number of aliphatic hydroxyl groups excluding tert-OH is 1. The largest absolute Gasteiger partial charge is 0.417 e.